The summed E-state index contributed by atoms with van der Waals surface area (Å²) >= 11 is 6.26. The van der Waals surface area contributed by atoms with Gasteiger partial charge in [-0.2, -0.15) is 0 Å². The highest BCUT2D eigenvalue weighted by molar-refractivity contribution is 6.33. The van der Waals surface area contributed by atoms with Crippen molar-refractivity contribution >= 4 is 17.7 Å². The van der Waals surface area contributed by atoms with Crippen LogP contribution in [0.4, 0.5) is 0 Å². The molecule has 1 aromatic rings. The van der Waals surface area contributed by atoms with Crippen LogP contribution in [0, 0.1) is 0 Å². The average Bonchev–Trinajstić information content (AvgIpc) is 2.37. The van der Waals surface area contributed by atoms with Crippen LogP contribution >= 0.6 is 11.6 Å². The van der Waals surface area contributed by atoms with Crippen LogP contribution in [0.3, 0.4) is 0 Å². The van der Waals surface area contributed by atoms with Crippen LogP contribution in [-0.4, -0.2) is 20.8 Å². The highest BCUT2D eigenvalue weighted by Gasteiger charge is 2.11. The molecular formula is C13H18ClNO2. The molecule has 0 unspecified atom stereocenters. The van der Waals surface area contributed by atoms with Crippen molar-refractivity contribution in [2.75, 3.05) is 20.8 Å². The van der Waals surface area contributed by atoms with Gasteiger partial charge in [-0.05, 0) is 24.1 Å². The molecule has 0 saturated heterocycles. The Morgan fingerprint density at radius 1 is 1.35 bits per heavy atom. The molecule has 17 heavy (non-hydrogen) atoms. The maximum Gasteiger partial charge on any atom is 0.179 e. The van der Waals surface area contributed by atoms with Gasteiger partial charge in [-0.3, -0.25) is 0 Å². The third kappa shape index (κ3) is 3.14. The quantitative estimate of drug-likeness (QED) is 0.879. The Morgan fingerprint density at radius 2 is 2.06 bits per heavy atom. The average molecular weight is 256 g/mol. The number of benzene rings is 1. The SMILES string of the molecule is CCC(=Cc1ccc(OC)c(OC)c1Cl)CN. The second-order valence-corrected chi connectivity index (χ2v) is 3.94. The van der Waals surface area contributed by atoms with Crippen LogP contribution in [0.2, 0.25) is 5.02 Å². The molecule has 3 nitrogen and oxygen atoms in total. The lowest BCUT2D eigenvalue weighted by atomic mass is 10.1. The van der Waals surface area contributed by atoms with Gasteiger partial charge in [-0.25, -0.2) is 0 Å². The van der Waals surface area contributed by atoms with Gasteiger partial charge in [-0.1, -0.05) is 30.2 Å². The van der Waals surface area contributed by atoms with Crippen molar-refractivity contribution < 1.29 is 9.47 Å². The molecule has 0 fully saturated rings. The van der Waals surface area contributed by atoms with Crippen molar-refractivity contribution in [2.24, 2.45) is 5.73 Å². The lowest BCUT2D eigenvalue weighted by Crippen LogP contribution is -2.02. The molecule has 0 spiro atoms. The van der Waals surface area contributed by atoms with Crippen molar-refractivity contribution in [2.45, 2.75) is 13.3 Å². The fourth-order valence-electron chi connectivity index (χ4n) is 1.54. The number of nitrogens with two attached hydrogens (primary N) is 1. The normalized spacial score (nSPS) is 11.5. The van der Waals surface area contributed by atoms with E-state index in [0.29, 0.717) is 23.1 Å². The molecule has 0 radical (unpaired) electrons. The Labute approximate surface area is 107 Å². The van der Waals surface area contributed by atoms with Crippen molar-refractivity contribution in [1.82, 2.24) is 0 Å². The van der Waals surface area contributed by atoms with Gasteiger partial charge in [0.25, 0.3) is 0 Å². The summed E-state index contributed by atoms with van der Waals surface area (Å²) < 4.78 is 10.4. The molecule has 94 valence electrons. The summed E-state index contributed by atoms with van der Waals surface area (Å²) in [7, 11) is 3.15. The van der Waals surface area contributed by atoms with Gasteiger partial charge in [0, 0.05) is 6.54 Å². The van der Waals surface area contributed by atoms with Crippen LogP contribution < -0.4 is 15.2 Å². The first-order valence-electron chi connectivity index (χ1n) is 5.47. The fourth-order valence-corrected chi connectivity index (χ4v) is 1.83. The number of methoxy groups -OCH3 is 2. The topological polar surface area (TPSA) is 44.5 Å². The first-order valence-corrected chi connectivity index (χ1v) is 5.85. The Bertz CT molecular complexity index is 410. The van der Waals surface area contributed by atoms with E-state index in [1.807, 2.05) is 18.2 Å². The third-order valence-electron chi connectivity index (χ3n) is 2.59. The Morgan fingerprint density at radius 3 is 2.53 bits per heavy atom. The van der Waals surface area contributed by atoms with Gasteiger partial charge in [-0.15, -0.1) is 0 Å². The smallest absolute Gasteiger partial charge is 0.179 e. The summed E-state index contributed by atoms with van der Waals surface area (Å²) in [6, 6.07) is 3.73. The molecule has 0 aliphatic heterocycles. The Balaban J connectivity index is 3.23. The first kappa shape index (κ1) is 13.9. The lowest BCUT2D eigenvalue weighted by Gasteiger charge is -2.11. The second kappa shape index (κ2) is 6.52. The monoisotopic (exact) mass is 255 g/mol. The van der Waals surface area contributed by atoms with Crippen LogP contribution in [0.1, 0.15) is 18.9 Å². The Hall–Kier alpha value is -1.19. The summed E-state index contributed by atoms with van der Waals surface area (Å²) in [5.41, 5.74) is 7.67. The summed E-state index contributed by atoms with van der Waals surface area (Å²) in [6.07, 6.45) is 2.89. The van der Waals surface area contributed by atoms with Crippen LogP contribution in [-0.2, 0) is 0 Å². The first-order chi connectivity index (χ1) is 8.17. The largest absolute Gasteiger partial charge is 0.493 e. The fraction of sp³-hybridized carbons (Fsp3) is 0.385. The molecule has 0 bridgehead atoms. The molecule has 0 heterocycles. The minimum Gasteiger partial charge on any atom is -0.493 e. The zero-order valence-electron chi connectivity index (χ0n) is 10.4. The zero-order valence-corrected chi connectivity index (χ0v) is 11.2. The van der Waals surface area contributed by atoms with Gasteiger partial charge >= 0.3 is 0 Å². The molecule has 1 rings (SSSR count). The van der Waals surface area contributed by atoms with Gasteiger partial charge in [0.15, 0.2) is 11.5 Å². The highest BCUT2D eigenvalue weighted by atomic mass is 35.5. The standard InChI is InChI=1S/C13H18ClNO2/c1-4-9(8-15)7-10-5-6-11(16-2)13(17-3)12(10)14/h5-7H,4,8,15H2,1-3H3. The van der Waals surface area contributed by atoms with E-state index in [4.69, 9.17) is 26.8 Å². The van der Waals surface area contributed by atoms with Crippen molar-refractivity contribution in [1.29, 1.82) is 0 Å². The molecule has 2 N–H and O–H groups in total. The van der Waals surface area contributed by atoms with E-state index in [1.54, 1.807) is 14.2 Å². The van der Waals surface area contributed by atoms with E-state index in [9.17, 15) is 0 Å². The number of hydrogen-bond donors (Lipinski definition) is 1. The minimum absolute atomic E-state index is 0.529. The van der Waals surface area contributed by atoms with E-state index in [2.05, 4.69) is 6.92 Å². The molecule has 4 heteroatoms. The molecule has 0 saturated carbocycles. The second-order valence-electron chi connectivity index (χ2n) is 3.56. The maximum absolute atomic E-state index is 6.26. The van der Waals surface area contributed by atoms with Gasteiger partial charge in [0.1, 0.15) is 0 Å². The molecule has 0 aliphatic carbocycles. The summed E-state index contributed by atoms with van der Waals surface area (Å²) in [4.78, 5) is 0. The van der Waals surface area contributed by atoms with Crippen LogP contribution in [0.25, 0.3) is 6.08 Å². The van der Waals surface area contributed by atoms with Crippen molar-refractivity contribution in [3.05, 3.63) is 28.3 Å². The minimum atomic E-state index is 0.529. The van der Waals surface area contributed by atoms with E-state index in [-0.39, 0.29) is 0 Å². The third-order valence-corrected chi connectivity index (χ3v) is 2.98. The summed E-state index contributed by atoms with van der Waals surface area (Å²) in [5, 5.41) is 0.547. The van der Waals surface area contributed by atoms with Crippen LogP contribution in [0.15, 0.2) is 17.7 Å². The van der Waals surface area contributed by atoms with Gasteiger partial charge < -0.3 is 15.2 Å². The molecule has 0 amide bonds. The lowest BCUT2D eigenvalue weighted by molar-refractivity contribution is 0.355. The zero-order chi connectivity index (χ0) is 12.8. The molecule has 0 aliphatic rings. The van der Waals surface area contributed by atoms with Gasteiger partial charge in [0.2, 0.25) is 0 Å². The predicted molar refractivity (Wildman–Crippen MR) is 71.9 cm³/mol. The summed E-state index contributed by atoms with van der Waals surface area (Å²) in [6.45, 7) is 2.59. The molecular weight excluding hydrogens is 238 g/mol. The van der Waals surface area contributed by atoms with Crippen molar-refractivity contribution in [3.63, 3.8) is 0 Å². The predicted octanol–water partition coefficient (Wildman–Crippen LogP) is 3.11. The van der Waals surface area contributed by atoms with E-state index in [1.165, 1.54) is 0 Å². The molecule has 0 aromatic heterocycles. The van der Waals surface area contributed by atoms with Crippen LogP contribution in [0.5, 0.6) is 11.5 Å². The van der Waals surface area contributed by atoms with E-state index < -0.39 is 0 Å². The Kier molecular flexibility index (Phi) is 5.32. The maximum atomic E-state index is 6.26. The van der Waals surface area contributed by atoms with Crippen molar-refractivity contribution in [3.8, 4) is 11.5 Å². The van der Waals surface area contributed by atoms with E-state index in [0.717, 1.165) is 17.6 Å². The number of hydrogen-bond acceptors (Lipinski definition) is 3. The number of halogens is 1. The number of rotatable bonds is 5. The molecule has 0 atom stereocenters. The van der Waals surface area contributed by atoms with E-state index >= 15 is 0 Å². The summed E-state index contributed by atoms with van der Waals surface area (Å²) in [5.74, 6) is 1.18. The highest BCUT2D eigenvalue weighted by Crippen LogP contribution is 2.38. The number of ether oxygens (including phenoxy) is 2. The molecule has 1 aromatic carbocycles. The van der Waals surface area contributed by atoms with Gasteiger partial charge in [0.05, 0.1) is 19.2 Å².